The zero-order valence-corrected chi connectivity index (χ0v) is 13.5. The van der Waals surface area contributed by atoms with Gasteiger partial charge in [-0.05, 0) is 39.1 Å². The lowest BCUT2D eigenvalue weighted by molar-refractivity contribution is 0.0927. The molecule has 5 nitrogen and oxygen atoms in total. The van der Waals surface area contributed by atoms with Crippen molar-refractivity contribution < 1.29 is 9.53 Å². The van der Waals surface area contributed by atoms with Crippen molar-refractivity contribution in [3.8, 4) is 5.75 Å². The van der Waals surface area contributed by atoms with Crippen LogP contribution in [0.1, 0.15) is 38.1 Å². The Bertz CT molecular complexity index is 459. The van der Waals surface area contributed by atoms with Gasteiger partial charge in [0.1, 0.15) is 11.3 Å². The Morgan fingerprint density at radius 3 is 2.57 bits per heavy atom. The molecule has 3 N–H and O–H groups in total. The van der Waals surface area contributed by atoms with Gasteiger partial charge in [-0.2, -0.15) is 0 Å². The molecule has 0 heterocycles. The number of nitrogen functional groups attached to an aromatic ring is 1. The zero-order valence-electron chi connectivity index (χ0n) is 13.5. The van der Waals surface area contributed by atoms with Crippen LogP contribution in [-0.4, -0.2) is 43.1 Å². The van der Waals surface area contributed by atoms with E-state index in [1.54, 1.807) is 18.2 Å². The van der Waals surface area contributed by atoms with E-state index in [0.29, 0.717) is 23.6 Å². The van der Waals surface area contributed by atoms with Crippen LogP contribution in [0.4, 0.5) is 5.69 Å². The average Bonchev–Trinajstić information content (AvgIpc) is 2.45. The quantitative estimate of drug-likeness (QED) is 0.721. The highest BCUT2D eigenvalue weighted by Crippen LogP contribution is 2.24. The van der Waals surface area contributed by atoms with Crippen molar-refractivity contribution in [2.24, 2.45) is 0 Å². The molecule has 1 amide bonds. The van der Waals surface area contributed by atoms with Crippen molar-refractivity contribution in [3.63, 3.8) is 0 Å². The summed E-state index contributed by atoms with van der Waals surface area (Å²) in [5.74, 6) is 0.348. The van der Waals surface area contributed by atoms with E-state index in [2.05, 4.69) is 24.1 Å². The van der Waals surface area contributed by atoms with Crippen molar-refractivity contribution in [3.05, 3.63) is 23.8 Å². The minimum Gasteiger partial charge on any atom is -0.493 e. The van der Waals surface area contributed by atoms with E-state index in [9.17, 15) is 4.79 Å². The van der Waals surface area contributed by atoms with Crippen LogP contribution in [-0.2, 0) is 0 Å². The van der Waals surface area contributed by atoms with Crippen LogP contribution in [0.25, 0.3) is 0 Å². The second-order valence-electron chi connectivity index (χ2n) is 5.01. The van der Waals surface area contributed by atoms with Crippen LogP contribution in [0, 0.1) is 0 Å². The molecule has 1 aromatic rings. The number of hydrogen-bond acceptors (Lipinski definition) is 4. The van der Waals surface area contributed by atoms with Gasteiger partial charge < -0.3 is 20.7 Å². The fourth-order valence-corrected chi connectivity index (χ4v) is 2.28. The fourth-order valence-electron chi connectivity index (χ4n) is 2.28. The van der Waals surface area contributed by atoms with Crippen molar-refractivity contribution in [2.75, 3.05) is 32.0 Å². The number of carbonyl (C=O) groups excluding carboxylic acids is 1. The molecule has 0 fully saturated rings. The Kier molecular flexibility index (Phi) is 7.02. The van der Waals surface area contributed by atoms with Crippen LogP contribution >= 0.6 is 0 Å². The zero-order chi connectivity index (χ0) is 15.8. The molecule has 0 spiro atoms. The van der Waals surface area contributed by atoms with Gasteiger partial charge in [0, 0.05) is 18.3 Å². The first-order chi connectivity index (χ1) is 10.0. The third-order valence-corrected chi connectivity index (χ3v) is 3.39. The number of rotatable bonds is 8. The number of nitrogens with zero attached hydrogens (tertiary/aromatic N) is 1. The van der Waals surface area contributed by atoms with Gasteiger partial charge in [-0.1, -0.05) is 19.9 Å². The van der Waals surface area contributed by atoms with Gasteiger partial charge in [-0.25, -0.2) is 0 Å². The second kappa shape index (κ2) is 8.52. The largest absolute Gasteiger partial charge is 0.493 e. The molecule has 118 valence electrons. The fraction of sp³-hybridized carbons (Fsp3) is 0.562. The standard InChI is InChI=1S/C16H27N3O2/c1-5-19(6-2)11-12(4)18-16(20)15-13(17)9-8-10-14(15)21-7-3/h8-10,12H,5-7,11,17H2,1-4H3,(H,18,20). The molecule has 1 atom stereocenters. The number of hydrogen-bond donors (Lipinski definition) is 2. The molecule has 0 aliphatic heterocycles. The van der Waals surface area contributed by atoms with Gasteiger partial charge in [0.25, 0.3) is 5.91 Å². The van der Waals surface area contributed by atoms with Gasteiger partial charge >= 0.3 is 0 Å². The normalized spacial score (nSPS) is 12.2. The number of ether oxygens (including phenoxy) is 1. The first-order valence-electron chi connectivity index (χ1n) is 7.57. The average molecular weight is 293 g/mol. The summed E-state index contributed by atoms with van der Waals surface area (Å²) in [7, 11) is 0. The Hall–Kier alpha value is -1.75. The van der Waals surface area contributed by atoms with Crippen molar-refractivity contribution in [2.45, 2.75) is 33.7 Å². The topological polar surface area (TPSA) is 67.6 Å². The van der Waals surface area contributed by atoms with Crippen LogP contribution in [0.15, 0.2) is 18.2 Å². The first kappa shape index (κ1) is 17.3. The minimum atomic E-state index is -0.184. The summed E-state index contributed by atoms with van der Waals surface area (Å²) in [5, 5.41) is 2.99. The molecule has 21 heavy (non-hydrogen) atoms. The van der Waals surface area contributed by atoms with Crippen molar-refractivity contribution in [1.82, 2.24) is 10.2 Å². The van der Waals surface area contributed by atoms with E-state index in [1.165, 1.54) is 0 Å². The molecular formula is C16H27N3O2. The molecule has 0 aliphatic carbocycles. The highest BCUT2D eigenvalue weighted by molar-refractivity contribution is 6.02. The van der Waals surface area contributed by atoms with E-state index in [0.717, 1.165) is 19.6 Å². The first-order valence-corrected chi connectivity index (χ1v) is 7.57. The number of amides is 1. The van der Waals surface area contributed by atoms with Crippen LogP contribution in [0.3, 0.4) is 0 Å². The second-order valence-corrected chi connectivity index (χ2v) is 5.01. The molecular weight excluding hydrogens is 266 g/mol. The SMILES string of the molecule is CCOc1cccc(N)c1C(=O)NC(C)CN(CC)CC. The highest BCUT2D eigenvalue weighted by Gasteiger charge is 2.18. The van der Waals surface area contributed by atoms with Gasteiger partial charge in [-0.3, -0.25) is 4.79 Å². The van der Waals surface area contributed by atoms with Gasteiger partial charge in [0.05, 0.1) is 6.61 Å². The summed E-state index contributed by atoms with van der Waals surface area (Å²) in [4.78, 5) is 14.7. The maximum absolute atomic E-state index is 12.4. The molecule has 1 rings (SSSR count). The van der Waals surface area contributed by atoms with Gasteiger partial charge in [0.2, 0.25) is 0 Å². The Balaban J connectivity index is 2.79. The minimum absolute atomic E-state index is 0.0477. The van der Waals surface area contributed by atoms with Crippen molar-refractivity contribution >= 4 is 11.6 Å². The van der Waals surface area contributed by atoms with Gasteiger partial charge in [0.15, 0.2) is 0 Å². The lowest BCUT2D eigenvalue weighted by Crippen LogP contribution is -2.42. The lowest BCUT2D eigenvalue weighted by atomic mass is 10.1. The van der Waals surface area contributed by atoms with Crippen LogP contribution in [0.5, 0.6) is 5.75 Å². The molecule has 1 aromatic carbocycles. The molecule has 0 saturated heterocycles. The molecule has 0 radical (unpaired) electrons. The smallest absolute Gasteiger partial charge is 0.257 e. The van der Waals surface area contributed by atoms with Crippen LogP contribution in [0.2, 0.25) is 0 Å². The molecule has 0 aliphatic rings. The van der Waals surface area contributed by atoms with Crippen LogP contribution < -0.4 is 15.8 Å². The Labute approximate surface area is 127 Å². The van der Waals surface area contributed by atoms with Gasteiger partial charge in [-0.15, -0.1) is 0 Å². The van der Waals surface area contributed by atoms with E-state index < -0.39 is 0 Å². The Morgan fingerprint density at radius 1 is 1.33 bits per heavy atom. The summed E-state index contributed by atoms with van der Waals surface area (Å²) < 4.78 is 5.49. The highest BCUT2D eigenvalue weighted by atomic mass is 16.5. The number of nitrogens with two attached hydrogens (primary N) is 1. The number of benzene rings is 1. The maximum Gasteiger partial charge on any atom is 0.257 e. The molecule has 5 heteroatoms. The number of anilines is 1. The third-order valence-electron chi connectivity index (χ3n) is 3.39. The summed E-state index contributed by atoms with van der Waals surface area (Å²) in [5.41, 5.74) is 6.79. The maximum atomic E-state index is 12.4. The monoisotopic (exact) mass is 293 g/mol. The van der Waals surface area contributed by atoms with E-state index in [1.807, 2.05) is 13.8 Å². The summed E-state index contributed by atoms with van der Waals surface area (Å²) >= 11 is 0. The predicted molar refractivity (Wildman–Crippen MR) is 86.7 cm³/mol. The third kappa shape index (κ3) is 4.93. The summed E-state index contributed by atoms with van der Waals surface area (Å²) in [6.07, 6.45) is 0. The molecule has 0 saturated carbocycles. The summed E-state index contributed by atoms with van der Waals surface area (Å²) in [6, 6.07) is 5.32. The van der Waals surface area contributed by atoms with E-state index in [4.69, 9.17) is 10.5 Å². The van der Waals surface area contributed by atoms with E-state index in [-0.39, 0.29) is 11.9 Å². The molecule has 0 aromatic heterocycles. The lowest BCUT2D eigenvalue weighted by Gasteiger charge is -2.24. The Morgan fingerprint density at radius 2 is 2.00 bits per heavy atom. The predicted octanol–water partition coefficient (Wildman–Crippen LogP) is 2.13. The van der Waals surface area contributed by atoms with E-state index >= 15 is 0 Å². The van der Waals surface area contributed by atoms with Crippen molar-refractivity contribution in [1.29, 1.82) is 0 Å². The number of likely N-dealkylation sites (N-methyl/N-ethyl adjacent to an activating group) is 1. The molecule has 0 bridgehead atoms. The molecule has 1 unspecified atom stereocenters. The summed E-state index contributed by atoms with van der Waals surface area (Å²) in [6.45, 7) is 11.3. The number of nitrogens with one attached hydrogen (secondary N) is 1. The number of carbonyl (C=O) groups is 1.